The zero-order valence-corrected chi connectivity index (χ0v) is 13.1. The van der Waals surface area contributed by atoms with Crippen LogP contribution in [0.25, 0.3) is 0 Å². The van der Waals surface area contributed by atoms with Gasteiger partial charge in [0, 0.05) is 11.5 Å². The molecular weight excluding hydrogens is 246 g/mol. The molecule has 0 N–H and O–H groups in total. The second-order valence-electron chi connectivity index (χ2n) is 6.37. The van der Waals surface area contributed by atoms with Crippen molar-refractivity contribution in [3.63, 3.8) is 0 Å². The van der Waals surface area contributed by atoms with E-state index < -0.39 is 0 Å². The van der Waals surface area contributed by atoms with E-state index in [9.17, 15) is 0 Å². The topological polar surface area (TPSA) is 12.5 Å². The van der Waals surface area contributed by atoms with E-state index in [-0.39, 0.29) is 5.41 Å². The molecule has 2 atom stereocenters. The quantitative estimate of drug-likeness (QED) is 0.763. The molecule has 3 rings (SSSR count). The molecule has 2 heteroatoms. The predicted molar refractivity (Wildman–Crippen MR) is 83.5 cm³/mol. The van der Waals surface area contributed by atoms with Crippen molar-refractivity contribution in [2.24, 2.45) is 0 Å². The molecule has 20 heavy (non-hydrogen) atoms. The highest BCUT2D eigenvalue weighted by atomic mass is 16.5. The Morgan fingerprint density at radius 2 is 2.25 bits per heavy atom. The number of allylic oxidation sites excluding steroid dienone is 1. The van der Waals surface area contributed by atoms with Crippen LogP contribution in [0.5, 0.6) is 5.75 Å². The highest BCUT2D eigenvalue weighted by Crippen LogP contribution is 2.48. The largest absolute Gasteiger partial charge is 0.497 e. The summed E-state index contributed by atoms with van der Waals surface area (Å²) in [5.74, 6) is 0.984. The smallest absolute Gasteiger partial charge is 0.119 e. The number of fused-ring (bicyclic) bond motifs is 4. The molecule has 2 bridgehead atoms. The first kappa shape index (κ1) is 13.7. The van der Waals surface area contributed by atoms with Gasteiger partial charge in [-0.05, 0) is 61.7 Å². The van der Waals surface area contributed by atoms with E-state index in [0.717, 1.165) is 18.6 Å². The number of likely N-dealkylation sites (tertiary alicyclic amines) is 1. The van der Waals surface area contributed by atoms with Crippen LogP contribution in [-0.2, 0) is 11.8 Å². The Kier molecular flexibility index (Phi) is 3.37. The van der Waals surface area contributed by atoms with Gasteiger partial charge in [0.25, 0.3) is 0 Å². The van der Waals surface area contributed by atoms with Crippen molar-refractivity contribution in [3.8, 4) is 5.75 Å². The molecule has 1 saturated heterocycles. The second-order valence-corrected chi connectivity index (χ2v) is 6.37. The molecule has 2 aliphatic rings. The average molecular weight is 271 g/mol. The fourth-order valence-corrected chi connectivity index (χ4v) is 4.02. The molecule has 0 spiro atoms. The van der Waals surface area contributed by atoms with Gasteiger partial charge in [-0.3, -0.25) is 4.90 Å². The Hall–Kier alpha value is -1.28. The molecular formula is C18H25NO. The lowest BCUT2D eigenvalue weighted by Crippen LogP contribution is -2.52. The molecule has 0 aromatic heterocycles. The number of nitrogens with zero attached hydrogens (tertiary/aromatic N) is 1. The number of hydrogen-bond donors (Lipinski definition) is 0. The second kappa shape index (κ2) is 4.92. The van der Waals surface area contributed by atoms with E-state index in [0.29, 0.717) is 6.04 Å². The van der Waals surface area contributed by atoms with Crippen LogP contribution in [0.3, 0.4) is 0 Å². The normalized spacial score (nSPS) is 31.2. The first-order valence-corrected chi connectivity index (χ1v) is 7.68. The third-order valence-corrected chi connectivity index (χ3v) is 5.24. The Morgan fingerprint density at radius 1 is 1.45 bits per heavy atom. The van der Waals surface area contributed by atoms with E-state index in [2.05, 4.69) is 50.1 Å². The Labute approximate surface area is 122 Å². The average Bonchev–Trinajstić information content (AvgIpc) is 2.46. The summed E-state index contributed by atoms with van der Waals surface area (Å²) in [7, 11) is 4.02. The van der Waals surface area contributed by atoms with E-state index >= 15 is 0 Å². The van der Waals surface area contributed by atoms with Crippen molar-refractivity contribution in [1.29, 1.82) is 0 Å². The van der Waals surface area contributed by atoms with E-state index in [1.807, 2.05) is 0 Å². The van der Waals surface area contributed by atoms with E-state index in [1.165, 1.54) is 24.1 Å². The van der Waals surface area contributed by atoms with Crippen molar-refractivity contribution in [1.82, 2.24) is 4.90 Å². The molecule has 108 valence electrons. The van der Waals surface area contributed by atoms with Crippen molar-refractivity contribution in [3.05, 3.63) is 41.0 Å². The lowest BCUT2D eigenvalue weighted by molar-refractivity contribution is 0.175. The van der Waals surface area contributed by atoms with Crippen LogP contribution in [0.2, 0.25) is 0 Å². The maximum absolute atomic E-state index is 5.45. The van der Waals surface area contributed by atoms with Crippen LogP contribution >= 0.6 is 0 Å². The van der Waals surface area contributed by atoms with Gasteiger partial charge < -0.3 is 4.74 Å². The Bertz CT molecular complexity index is 548. The van der Waals surface area contributed by atoms with Gasteiger partial charge in [0.1, 0.15) is 5.75 Å². The summed E-state index contributed by atoms with van der Waals surface area (Å²) < 4.78 is 5.45. The minimum absolute atomic E-state index is 0.190. The third-order valence-electron chi connectivity index (χ3n) is 5.24. The summed E-state index contributed by atoms with van der Waals surface area (Å²) in [6, 6.07) is 7.21. The summed E-state index contributed by atoms with van der Waals surface area (Å²) >= 11 is 0. The van der Waals surface area contributed by atoms with Gasteiger partial charge in [-0.2, -0.15) is 0 Å². The van der Waals surface area contributed by atoms with Crippen LogP contribution in [0.4, 0.5) is 0 Å². The van der Waals surface area contributed by atoms with E-state index in [4.69, 9.17) is 4.74 Å². The summed E-state index contributed by atoms with van der Waals surface area (Å²) in [5.41, 5.74) is 4.79. The lowest BCUT2D eigenvalue weighted by atomic mass is 9.61. The molecule has 1 heterocycles. The first-order chi connectivity index (χ1) is 9.60. The zero-order chi connectivity index (χ0) is 14.3. The number of piperidine rings is 1. The maximum atomic E-state index is 5.45. The standard InChI is InChI=1S/C18H25NO/c1-5-6-15-17-11-13-7-8-14(20-4)12-16(13)18(15,2)9-10-19(17)3/h6-8,12,17H,5,9-11H2,1-4H3. The van der Waals surface area contributed by atoms with Crippen molar-refractivity contribution in [2.75, 3.05) is 20.7 Å². The van der Waals surface area contributed by atoms with Crippen molar-refractivity contribution in [2.45, 2.75) is 44.6 Å². The van der Waals surface area contributed by atoms with Crippen LogP contribution in [0.1, 0.15) is 37.8 Å². The number of likely N-dealkylation sites (N-methyl/N-ethyl adjacent to an activating group) is 1. The van der Waals surface area contributed by atoms with Crippen molar-refractivity contribution >= 4 is 0 Å². The SMILES string of the molecule is CCC=C1C2Cc3ccc(OC)cc3C1(C)CCN2C. The number of ether oxygens (including phenoxy) is 1. The molecule has 0 amide bonds. The van der Waals surface area contributed by atoms with Gasteiger partial charge in [0.15, 0.2) is 0 Å². The minimum Gasteiger partial charge on any atom is -0.497 e. The summed E-state index contributed by atoms with van der Waals surface area (Å²) in [4.78, 5) is 2.52. The predicted octanol–water partition coefficient (Wildman–Crippen LogP) is 3.55. The van der Waals surface area contributed by atoms with Gasteiger partial charge in [0.05, 0.1) is 7.11 Å². The first-order valence-electron chi connectivity index (χ1n) is 7.68. The van der Waals surface area contributed by atoms with Crippen LogP contribution < -0.4 is 4.74 Å². The van der Waals surface area contributed by atoms with Crippen LogP contribution in [0, 0.1) is 0 Å². The van der Waals surface area contributed by atoms with Crippen LogP contribution in [0.15, 0.2) is 29.8 Å². The lowest BCUT2D eigenvalue weighted by Gasteiger charge is -2.51. The molecule has 0 radical (unpaired) electrons. The highest BCUT2D eigenvalue weighted by Gasteiger charge is 2.45. The third kappa shape index (κ3) is 1.89. The van der Waals surface area contributed by atoms with Gasteiger partial charge in [-0.1, -0.05) is 26.0 Å². The minimum atomic E-state index is 0.190. The van der Waals surface area contributed by atoms with Crippen LogP contribution in [-0.4, -0.2) is 31.6 Å². The zero-order valence-electron chi connectivity index (χ0n) is 13.1. The summed E-state index contributed by atoms with van der Waals surface area (Å²) in [5, 5.41) is 0. The van der Waals surface area contributed by atoms with Crippen molar-refractivity contribution < 1.29 is 4.74 Å². The summed E-state index contributed by atoms with van der Waals surface area (Å²) in [6.07, 6.45) is 5.92. The molecule has 1 aromatic rings. The van der Waals surface area contributed by atoms with E-state index in [1.54, 1.807) is 12.7 Å². The summed E-state index contributed by atoms with van der Waals surface area (Å²) in [6.45, 7) is 5.85. The number of benzene rings is 1. The molecule has 2 nitrogen and oxygen atoms in total. The monoisotopic (exact) mass is 271 g/mol. The highest BCUT2D eigenvalue weighted by molar-refractivity contribution is 5.51. The van der Waals surface area contributed by atoms with Gasteiger partial charge in [-0.25, -0.2) is 0 Å². The number of hydrogen-bond acceptors (Lipinski definition) is 2. The Morgan fingerprint density at radius 3 is 2.95 bits per heavy atom. The maximum Gasteiger partial charge on any atom is 0.119 e. The Balaban J connectivity index is 2.17. The van der Waals surface area contributed by atoms with Gasteiger partial charge in [0.2, 0.25) is 0 Å². The molecule has 1 aliphatic carbocycles. The fourth-order valence-electron chi connectivity index (χ4n) is 4.02. The molecule has 2 unspecified atom stereocenters. The molecule has 1 aromatic carbocycles. The molecule has 1 aliphatic heterocycles. The number of rotatable bonds is 2. The molecule has 0 saturated carbocycles. The molecule has 1 fully saturated rings. The number of methoxy groups -OCH3 is 1. The fraction of sp³-hybridized carbons (Fsp3) is 0.556. The van der Waals surface area contributed by atoms with Gasteiger partial charge in [-0.15, -0.1) is 0 Å². The van der Waals surface area contributed by atoms with Gasteiger partial charge >= 0.3 is 0 Å².